The summed E-state index contributed by atoms with van der Waals surface area (Å²) in [6, 6.07) is 4.97. The summed E-state index contributed by atoms with van der Waals surface area (Å²) in [6.45, 7) is 2.83. The molecule has 0 aliphatic rings. The second kappa shape index (κ2) is 6.72. The van der Waals surface area contributed by atoms with Crippen LogP contribution in [-0.4, -0.2) is 23.9 Å². The lowest BCUT2D eigenvalue weighted by atomic mass is 10.2. The van der Waals surface area contributed by atoms with Crippen LogP contribution in [0.15, 0.2) is 22.5 Å². The van der Waals surface area contributed by atoms with E-state index in [1.807, 2.05) is 13.0 Å². The molecule has 1 aromatic carbocycles. The molecule has 0 atom stereocenters. The third-order valence-corrected chi connectivity index (χ3v) is 4.40. The molecule has 7 heteroatoms. The van der Waals surface area contributed by atoms with Gasteiger partial charge in [0.2, 0.25) is 5.13 Å². The third-order valence-electron chi connectivity index (χ3n) is 2.31. The van der Waals surface area contributed by atoms with E-state index in [2.05, 4.69) is 15.5 Å². The summed E-state index contributed by atoms with van der Waals surface area (Å²) < 4.78 is 19.3. The van der Waals surface area contributed by atoms with Gasteiger partial charge >= 0.3 is 0 Å². The van der Waals surface area contributed by atoms with Crippen LogP contribution in [-0.2, 0) is 5.75 Å². The van der Waals surface area contributed by atoms with E-state index in [0.29, 0.717) is 5.75 Å². The van der Waals surface area contributed by atoms with Crippen molar-refractivity contribution >= 4 is 28.2 Å². The van der Waals surface area contributed by atoms with Gasteiger partial charge in [-0.1, -0.05) is 29.2 Å². The number of nitrogens with zero attached hydrogens (tertiary/aromatic N) is 2. The minimum atomic E-state index is -0.341. The highest BCUT2D eigenvalue weighted by Crippen LogP contribution is 2.29. The van der Waals surface area contributed by atoms with Crippen LogP contribution < -0.4 is 10.1 Å². The summed E-state index contributed by atoms with van der Waals surface area (Å²) >= 11 is 3.04. The number of nitrogens with one attached hydrogen (secondary N) is 1. The number of methoxy groups -OCH3 is 1. The number of halogens is 1. The van der Waals surface area contributed by atoms with E-state index in [9.17, 15) is 4.39 Å². The smallest absolute Gasteiger partial charge is 0.206 e. The number of thioether (sulfide) groups is 1. The van der Waals surface area contributed by atoms with Gasteiger partial charge in [0.05, 0.1) is 7.11 Å². The van der Waals surface area contributed by atoms with Gasteiger partial charge < -0.3 is 10.1 Å². The van der Waals surface area contributed by atoms with Crippen molar-refractivity contribution in [3.8, 4) is 5.75 Å². The molecule has 0 radical (unpaired) electrons. The molecule has 0 saturated heterocycles. The molecule has 2 rings (SSSR count). The molecule has 4 nitrogen and oxygen atoms in total. The Morgan fingerprint density at radius 2 is 2.26 bits per heavy atom. The molecule has 2 aromatic rings. The molecule has 0 fully saturated rings. The highest BCUT2D eigenvalue weighted by Gasteiger charge is 2.07. The van der Waals surface area contributed by atoms with Crippen molar-refractivity contribution in [3.05, 3.63) is 29.6 Å². The van der Waals surface area contributed by atoms with E-state index >= 15 is 0 Å². The first kappa shape index (κ1) is 14.1. The van der Waals surface area contributed by atoms with E-state index in [-0.39, 0.29) is 11.6 Å². The lowest BCUT2D eigenvalue weighted by Gasteiger charge is -2.03. The molecule has 0 saturated carbocycles. The van der Waals surface area contributed by atoms with Gasteiger partial charge in [0, 0.05) is 12.3 Å². The maximum absolute atomic E-state index is 13.5. The summed E-state index contributed by atoms with van der Waals surface area (Å²) in [5, 5.41) is 12.0. The van der Waals surface area contributed by atoms with Crippen LogP contribution in [0.1, 0.15) is 12.5 Å². The molecule has 0 bridgehead atoms. The van der Waals surface area contributed by atoms with E-state index < -0.39 is 0 Å². The van der Waals surface area contributed by atoms with Crippen LogP contribution in [0.5, 0.6) is 5.75 Å². The molecule has 102 valence electrons. The Morgan fingerprint density at radius 3 is 2.95 bits per heavy atom. The summed E-state index contributed by atoms with van der Waals surface area (Å²) in [5.74, 6) is 0.576. The number of hydrogen-bond acceptors (Lipinski definition) is 6. The van der Waals surface area contributed by atoms with E-state index in [0.717, 1.165) is 21.6 Å². The normalized spacial score (nSPS) is 10.5. The highest BCUT2D eigenvalue weighted by atomic mass is 32.2. The molecule has 1 heterocycles. The Labute approximate surface area is 119 Å². The summed E-state index contributed by atoms with van der Waals surface area (Å²) in [4.78, 5) is 0. The molecular formula is C12H14FN3OS2. The maximum atomic E-state index is 13.5. The fourth-order valence-corrected chi connectivity index (χ4v) is 3.20. The third kappa shape index (κ3) is 3.81. The Balaban J connectivity index is 1.95. The molecule has 0 spiro atoms. The van der Waals surface area contributed by atoms with Crippen molar-refractivity contribution in [2.45, 2.75) is 17.0 Å². The number of rotatable bonds is 6. The van der Waals surface area contributed by atoms with Gasteiger partial charge in [0.15, 0.2) is 15.9 Å². The van der Waals surface area contributed by atoms with E-state index in [4.69, 9.17) is 4.74 Å². The van der Waals surface area contributed by atoms with Crippen molar-refractivity contribution < 1.29 is 9.13 Å². The fraction of sp³-hybridized carbons (Fsp3) is 0.333. The van der Waals surface area contributed by atoms with Gasteiger partial charge in [-0.3, -0.25) is 0 Å². The predicted molar refractivity (Wildman–Crippen MR) is 76.6 cm³/mol. The number of ether oxygens (including phenoxy) is 1. The second-order valence-corrected chi connectivity index (χ2v) is 5.86. The predicted octanol–water partition coefficient (Wildman–Crippen LogP) is 3.41. The van der Waals surface area contributed by atoms with Gasteiger partial charge in [-0.2, -0.15) is 0 Å². The molecule has 1 aromatic heterocycles. The molecule has 0 aliphatic heterocycles. The Kier molecular flexibility index (Phi) is 4.98. The minimum absolute atomic E-state index is 0.263. The number of benzene rings is 1. The largest absolute Gasteiger partial charge is 0.494 e. The van der Waals surface area contributed by atoms with Crippen LogP contribution in [0, 0.1) is 5.82 Å². The lowest BCUT2D eigenvalue weighted by Crippen LogP contribution is -1.94. The molecule has 1 N–H and O–H groups in total. The second-order valence-electron chi connectivity index (χ2n) is 3.66. The zero-order chi connectivity index (χ0) is 13.7. The van der Waals surface area contributed by atoms with Crippen LogP contribution >= 0.6 is 23.1 Å². The number of anilines is 1. The van der Waals surface area contributed by atoms with Crippen molar-refractivity contribution in [3.63, 3.8) is 0 Å². The Morgan fingerprint density at radius 1 is 1.42 bits per heavy atom. The lowest BCUT2D eigenvalue weighted by molar-refractivity contribution is 0.386. The summed E-state index contributed by atoms with van der Waals surface area (Å²) in [5.41, 5.74) is 0.892. The maximum Gasteiger partial charge on any atom is 0.206 e. The quantitative estimate of drug-likeness (QED) is 0.828. The van der Waals surface area contributed by atoms with Crippen LogP contribution in [0.3, 0.4) is 0 Å². The van der Waals surface area contributed by atoms with E-state index in [1.54, 1.807) is 6.07 Å². The van der Waals surface area contributed by atoms with Crippen LogP contribution in [0.2, 0.25) is 0 Å². The standard InChI is InChI=1S/C12H14FN3OS2/c1-3-14-11-15-16-12(19-11)18-7-8-4-5-10(17-2)9(13)6-8/h4-6H,3,7H2,1-2H3,(H,14,15). The fourth-order valence-electron chi connectivity index (χ4n) is 1.44. The van der Waals surface area contributed by atoms with E-state index in [1.165, 1.54) is 36.3 Å². The van der Waals surface area contributed by atoms with Crippen LogP contribution in [0.25, 0.3) is 0 Å². The van der Waals surface area contributed by atoms with Crippen molar-refractivity contribution in [1.82, 2.24) is 10.2 Å². The van der Waals surface area contributed by atoms with Crippen LogP contribution in [0.4, 0.5) is 9.52 Å². The average Bonchev–Trinajstić information content (AvgIpc) is 2.85. The monoisotopic (exact) mass is 299 g/mol. The van der Waals surface area contributed by atoms with Gasteiger partial charge in [0.1, 0.15) is 0 Å². The van der Waals surface area contributed by atoms with Gasteiger partial charge in [-0.05, 0) is 24.6 Å². The summed E-state index contributed by atoms with van der Waals surface area (Å²) in [6.07, 6.45) is 0. The zero-order valence-corrected chi connectivity index (χ0v) is 12.3. The van der Waals surface area contributed by atoms with Gasteiger partial charge in [0.25, 0.3) is 0 Å². The first-order valence-electron chi connectivity index (χ1n) is 5.75. The average molecular weight is 299 g/mol. The minimum Gasteiger partial charge on any atom is -0.494 e. The van der Waals surface area contributed by atoms with Gasteiger partial charge in [-0.15, -0.1) is 10.2 Å². The molecule has 0 aliphatic carbocycles. The molecule has 0 unspecified atom stereocenters. The Bertz CT molecular complexity index is 548. The first-order valence-corrected chi connectivity index (χ1v) is 7.55. The molecule has 0 amide bonds. The summed E-state index contributed by atoms with van der Waals surface area (Å²) in [7, 11) is 1.45. The molecular weight excluding hydrogens is 285 g/mol. The molecule has 19 heavy (non-hydrogen) atoms. The van der Waals surface area contributed by atoms with Gasteiger partial charge in [-0.25, -0.2) is 4.39 Å². The zero-order valence-electron chi connectivity index (χ0n) is 10.6. The van der Waals surface area contributed by atoms with Crippen molar-refractivity contribution in [2.75, 3.05) is 19.0 Å². The topological polar surface area (TPSA) is 47.0 Å². The number of hydrogen-bond donors (Lipinski definition) is 1. The highest BCUT2D eigenvalue weighted by molar-refractivity contribution is 8.00. The Hall–Kier alpha value is -1.34. The first-order chi connectivity index (χ1) is 9.22. The SMILES string of the molecule is CCNc1nnc(SCc2ccc(OC)c(F)c2)s1. The van der Waals surface area contributed by atoms with Crippen molar-refractivity contribution in [1.29, 1.82) is 0 Å². The van der Waals surface area contributed by atoms with Crippen molar-refractivity contribution in [2.24, 2.45) is 0 Å². The number of aromatic nitrogens is 2.